The van der Waals surface area contributed by atoms with Crippen molar-refractivity contribution in [2.45, 2.75) is 11.7 Å². The molecule has 5 heteroatoms. The van der Waals surface area contributed by atoms with E-state index in [9.17, 15) is 8.42 Å². The van der Waals surface area contributed by atoms with Crippen LogP contribution in [-0.4, -0.2) is 18.0 Å². The normalized spacial score (nSPS) is 14.0. The Kier molecular flexibility index (Phi) is 3.00. The Bertz CT molecular complexity index is 360. The number of pyridine rings is 1. The number of hydrogen-bond donors (Lipinski definition) is 1. The van der Waals surface area contributed by atoms with Crippen LogP contribution < -0.4 is 0 Å². The van der Waals surface area contributed by atoms with Crippen molar-refractivity contribution in [1.82, 2.24) is 4.98 Å². The van der Waals surface area contributed by atoms with E-state index in [-0.39, 0.29) is 6.42 Å². The molecule has 0 aromatic carbocycles. The lowest BCUT2D eigenvalue weighted by Crippen LogP contribution is -2.11. The van der Waals surface area contributed by atoms with Crippen molar-refractivity contribution < 1.29 is 13.0 Å². The van der Waals surface area contributed by atoms with Crippen molar-refractivity contribution in [3.8, 4) is 0 Å². The van der Waals surface area contributed by atoms with E-state index in [0.29, 0.717) is 5.56 Å². The molecule has 13 heavy (non-hydrogen) atoms. The first-order valence-electron chi connectivity index (χ1n) is 3.71. The molecule has 1 atom stereocenters. The lowest BCUT2D eigenvalue weighted by atomic mass is 10.1. The maximum absolute atomic E-state index is 10.9. The Morgan fingerprint density at radius 1 is 1.46 bits per heavy atom. The summed E-state index contributed by atoms with van der Waals surface area (Å²) in [5, 5.41) is -0.949. The molecule has 0 saturated heterocycles. The van der Waals surface area contributed by atoms with Gasteiger partial charge in [0.1, 0.15) is 5.25 Å². The molecule has 0 aliphatic rings. The monoisotopic (exact) mass is 200 g/mol. The fraction of sp³-hybridized carbons (Fsp3) is 0.250. The summed E-state index contributed by atoms with van der Waals surface area (Å²) >= 11 is 0. The second-order valence-electron chi connectivity index (χ2n) is 2.57. The number of rotatable bonds is 3. The van der Waals surface area contributed by atoms with Crippen LogP contribution in [0.1, 0.15) is 17.2 Å². The molecule has 0 bridgehead atoms. The quantitative estimate of drug-likeness (QED) is 0.745. The smallest absolute Gasteiger partial charge is 0.271 e. The average molecular weight is 200 g/mol. The second kappa shape index (κ2) is 3.85. The van der Waals surface area contributed by atoms with Gasteiger partial charge in [-0.3, -0.25) is 9.54 Å². The Hall–Kier alpha value is -0.940. The van der Waals surface area contributed by atoms with Crippen molar-refractivity contribution >= 4 is 10.1 Å². The van der Waals surface area contributed by atoms with Crippen molar-refractivity contribution in [3.05, 3.63) is 37.0 Å². The van der Waals surface area contributed by atoms with E-state index >= 15 is 0 Å². The molecule has 0 spiro atoms. The Morgan fingerprint density at radius 3 is 2.38 bits per heavy atom. The summed E-state index contributed by atoms with van der Waals surface area (Å²) in [7, 11) is -4.06. The molecule has 71 valence electrons. The third-order valence-electron chi connectivity index (χ3n) is 1.70. The highest BCUT2D eigenvalue weighted by molar-refractivity contribution is 7.86. The van der Waals surface area contributed by atoms with Gasteiger partial charge in [-0.25, -0.2) is 0 Å². The minimum Gasteiger partial charge on any atom is -0.285 e. The van der Waals surface area contributed by atoms with Gasteiger partial charge in [0, 0.05) is 12.4 Å². The van der Waals surface area contributed by atoms with Crippen LogP contribution in [0.2, 0.25) is 0 Å². The summed E-state index contributed by atoms with van der Waals surface area (Å²) in [5.74, 6) is 0. The van der Waals surface area contributed by atoms with E-state index < -0.39 is 15.4 Å². The van der Waals surface area contributed by atoms with E-state index in [2.05, 4.69) is 11.9 Å². The molecule has 1 unspecified atom stereocenters. The third-order valence-corrected chi connectivity index (χ3v) is 2.93. The summed E-state index contributed by atoms with van der Waals surface area (Å²) in [4.78, 5) is 3.75. The van der Waals surface area contributed by atoms with Crippen molar-refractivity contribution in [3.63, 3.8) is 0 Å². The van der Waals surface area contributed by atoms with Gasteiger partial charge in [-0.05, 0) is 24.1 Å². The highest BCUT2D eigenvalue weighted by Crippen LogP contribution is 2.23. The van der Waals surface area contributed by atoms with Crippen LogP contribution in [0.15, 0.2) is 24.5 Å². The lowest BCUT2D eigenvalue weighted by molar-refractivity contribution is 0.468. The van der Waals surface area contributed by atoms with Crippen LogP contribution in [0.25, 0.3) is 0 Å². The van der Waals surface area contributed by atoms with Crippen LogP contribution in [0.4, 0.5) is 0 Å². The largest absolute Gasteiger partial charge is 0.285 e. The van der Waals surface area contributed by atoms with E-state index in [4.69, 9.17) is 4.55 Å². The molecule has 1 radical (unpaired) electrons. The summed E-state index contributed by atoms with van der Waals surface area (Å²) in [5.41, 5.74) is 0.507. The maximum Gasteiger partial charge on any atom is 0.271 e. The van der Waals surface area contributed by atoms with Gasteiger partial charge in [0.05, 0.1) is 0 Å². The summed E-state index contributed by atoms with van der Waals surface area (Å²) in [6.07, 6.45) is 3.05. The standard InChI is InChI=1S/C8H10NO3S/c1-2-8(13(10,11)12)7-3-5-9-6-4-7/h3-6,8H,1-2H2,(H,10,11,12). The van der Waals surface area contributed by atoms with Crippen molar-refractivity contribution in [1.29, 1.82) is 0 Å². The predicted octanol–water partition coefficient (Wildman–Crippen LogP) is 1.23. The first-order chi connectivity index (χ1) is 6.05. The van der Waals surface area contributed by atoms with E-state index in [0.717, 1.165) is 0 Å². The molecule has 4 nitrogen and oxygen atoms in total. The molecule has 0 aliphatic heterocycles. The fourth-order valence-electron chi connectivity index (χ4n) is 1.07. The number of nitrogens with zero attached hydrogens (tertiary/aromatic N) is 1. The Labute approximate surface area is 77.4 Å². The van der Waals surface area contributed by atoms with Gasteiger partial charge in [-0.2, -0.15) is 8.42 Å². The lowest BCUT2D eigenvalue weighted by Gasteiger charge is -2.10. The van der Waals surface area contributed by atoms with Gasteiger partial charge in [-0.1, -0.05) is 6.92 Å². The van der Waals surface area contributed by atoms with Crippen LogP contribution in [0.3, 0.4) is 0 Å². The number of aromatic nitrogens is 1. The molecule has 1 rings (SSSR count). The second-order valence-corrected chi connectivity index (χ2v) is 4.17. The molecular weight excluding hydrogens is 190 g/mol. The topological polar surface area (TPSA) is 67.3 Å². The van der Waals surface area contributed by atoms with Gasteiger partial charge >= 0.3 is 0 Å². The van der Waals surface area contributed by atoms with Crippen LogP contribution in [-0.2, 0) is 10.1 Å². The highest BCUT2D eigenvalue weighted by Gasteiger charge is 2.22. The maximum atomic E-state index is 10.9. The molecule has 1 aromatic heterocycles. The molecule has 1 aromatic rings. The molecule has 0 saturated carbocycles. The van der Waals surface area contributed by atoms with Crippen molar-refractivity contribution in [2.24, 2.45) is 0 Å². The number of hydrogen-bond acceptors (Lipinski definition) is 3. The Morgan fingerprint density at radius 2 is 2.00 bits per heavy atom. The van der Waals surface area contributed by atoms with Crippen LogP contribution in [0, 0.1) is 6.92 Å². The zero-order chi connectivity index (χ0) is 9.90. The minimum absolute atomic E-state index is 0.100. The Balaban J connectivity index is 3.06. The first-order valence-corrected chi connectivity index (χ1v) is 5.21. The third kappa shape index (κ3) is 2.50. The van der Waals surface area contributed by atoms with Gasteiger partial charge in [0.15, 0.2) is 0 Å². The van der Waals surface area contributed by atoms with Gasteiger partial charge in [0.25, 0.3) is 10.1 Å². The summed E-state index contributed by atoms with van der Waals surface area (Å²) in [6, 6.07) is 3.09. The predicted molar refractivity (Wildman–Crippen MR) is 48.5 cm³/mol. The molecule has 1 N–H and O–H groups in total. The molecule has 0 fully saturated rings. The van der Waals surface area contributed by atoms with Crippen LogP contribution in [0.5, 0.6) is 0 Å². The molecule has 1 heterocycles. The van der Waals surface area contributed by atoms with Crippen LogP contribution >= 0.6 is 0 Å². The SMILES string of the molecule is [CH2]CC(c1ccncc1)S(=O)(=O)O. The summed E-state index contributed by atoms with van der Waals surface area (Å²) in [6.45, 7) is 3.47. The van der Waals surface area contributed by atoms with Gasteiger partial charge < -0.3 is 0 Å². The zero-order valence-electron chi connectivity index (χ0n) is 6.92. The fourth-order valence-corrected chi connectivity index (χ4v) is 1.86. The minimum atomic E-state index is -4.06. The highest BCUT2D eigenvalue weighted by atomic mass is 32.2. The summed E-state index contributed by atoms with van der Waals surface area (Å²) < 4.78 is 30.6. The molecule has 0 aliphatic carbocycles. The van der Waals surface area contributed by atoms with Crippen molar-refractivity contribution in [2.75, 3.05) is 0 Å². The van der Waals surface area contributed by atoms with E-state index in [1.165, 1.54) is 12.4 Å². The molecular formula is C8H10NO3S. The molecule has 0 amide bonds. The van der Waals surface area contributed by atoms with E-state index in [1.54, 1.807) is 12.1 Å². The van der Waals surface area contributed by atoms with Gasteiger partial charge in [-0.15, -0.1) is 0 Å². The first kappa shape index (κ1) is 10.1. The van der Waals surface area contributed by atoms with Gasteiger partial charge in [0.2, 0.25) is 0 Å². The zero-order valence-corrected chi connectivity index (χ0v) is 7.74. The van der Waals surface area contributed by atoms with E-state index in [1.807, 2.05) is 0 Å². The average Bonchev–Trinajstić information content (AvgIpc) is 2.05.